The van der Waals surface area contributed by atoms with Gasteiger partial charge in [-0.3, -0.25) is 0 Å². The molecule has 0 saturated carbocycles. The summed E-state index contributed by atoms with van der Waals surface area (Å²) < 4.78 is 0. The average molecular weight is 1240 g/mol. The van der Waals surface area contributed by atoms with E-state index in [0.29, 0.717) is 0 Å². The number of fused-ring (bicyclic) bond motifs is 11. The fraction of sp³-hybridized carbons (Fsp3) is 0.0408. The number of hydrogen-bond acceptors (Lipinski definition) is 0. The van der Waals surface area contributed by atoms with Crippen LogP contribution in [0.3, 0.4) is 0 Å². The summed E-state index contributed by atoms with van der Waals surface area (Å²) in [6.45, 7) is 4.50. The van der Waals surface area contributed by atoms with Crippen molar-refractivity contribution in [1.82, 2.24) is 0 Å². The molecule has 0 heteroatoms. The molecule has 0 aromatic heterocycles. The number of aryl methyl sites for hydroxylation is 2. The lowest BCUT2D eigenvalue weighted by molar-refractivity contribution is 1.14. The quantitative estimate of drug-likeness (QED) is 0.0946. The van der Waals surface area contributed by atoms with Gasteiger partial charge >= 0.3 is 0 Å². The predicted octanol–water partition coefficient (Wildman–Crippen LogP) is 27.5. The van der Waals surface area contributed by atoms with Crippen LogP contribution in [-0.2, 0) is 12.8 Å². The number of hydrogen-bond donors (Lipinski definition) is 0. The standard InChI is InChI=1S/C98H62/c1-3-57-35-39-59(40-36-57)67-43-44-68(60-41-37-58(4-2)38-42-60)94-86(66-33-21-10-22-34-66)98-80-56-52-76-72-48-46-70-74-50-54-78-91-77(95-83(63-27-15-7-16-28-63)81(61-23-11-5-12-24-61)82(62-25-13-6-14-26-62)84(96(78)95)64-29-17-8-18-30-64)53-49-73(89(74)91)69-45-47-71(88(72)87(69)70)75-51-55-79(92(80)90(75)76)97(98)85(93(67)94)65-31-19-9-20-32-65/h5-56H,3-4H2,1-2H3. The monoisotopic (exact) mass is 1240 g/mol. The van der Waals surface area contributed by atoms with E-state index in [2.05, 4.69) is 329 Å². The third kappa shape index (κ3) is 7.60. The molecule has 0 N–H and O–H groups in total. The predicted molar refractivity (Wildman–Crippen MR) is 420 cm³/mol. The molecule has 0 nitrogen and oxygen atoms in total. The SMILES string of the molecule is CCc1ccc(-c2ccc(-c3ccc(CC)cc3)c3c(-c4ccccc4)c4c(c(-c5ccccc5)c23)-c2ccc3c5ccc6c7ccc8c9c(ccc(c%10ccc(c%11ccc-4c2c3%11)c5c6%10)c97)-c2c(-c3ccccc3)c(-c3ccccc3)c(-c3ccccc3)c(-c3ccccc3)c2-8)cc1. The highest BCUT2D eigenvalue weighted by molar-refractivity contribution is 6.46. The molecule has 0 fully saturated rings. The van der Waals surface area contributed by atoms with Crippen LogP contribution in [-0.4, -0.2) is 0 Å². The molecule has 0 saturated heterocycles. The van der Waals surface area contributed by atoms with Gasteiger partial charge in [-0.1, -0.05) is 329 Å². The van der Waals surface area contributed by atoms with Gasteiger partial charge < -0.3 is 0 Å². The Bertz CT molecular complexity index is 6120. The van der Waals surface area contributed by atoms with Crippen molar-refractivity contribution in [3.8, 4) is 134 Å². The smallest absolute Gasteiger partial charge is 0.000717 e. The third-order valence-electron chi connectivity index (χ3n) is 22.4. The Labute approximate surface area is 569 Å². The lowest BCUT2D eigenvalue weighted by Crippen LogP contribution is -1.99. The Kier molecular flexibility index (Phi) is 11.9. The molecule has 0 unspecified atom stereocenters. The van der Waals surface area contributed by atoms with Crippen molar-refractivity contribution in [3.63, 3.8) is 0 Å². The molecule has 0 aliphatic heterocycles. The van der Waals surface area contributed by atoms with E-state index >= 15 is 0 Å². The van der Waals surface area contributed by atoms with Crippen molar-refractivity contribution in [2.24, 2.45) is 0 Å². The van der Waals surface area contributed by atoms with Gasteiger partial charge in [0, 0.05) is 0 Å². The normalized spacial score (nSPS) is 12.3. The molecule has 21 rings (SSSR count). The van der Waals surface area contributed by atoms with Gasteiger partial charge in [0.2, 0.25) is 0 Å². The molecule has 2 aliphatic rings. The Balaban J connectivity index is 0.854. The van der Waals surface area contributed by atoms with Crippen LogP contribution in [0.4, 0.5) is 0 Å². The minimum absolute atomic E-state index is 0.991. The van der Waals surface area contributed by atoms with Gasteiger partial charge in [0.15, 0.2) is 0 Å². The summed E-state index contributed by atoms with van der Waals surface area (Å²) in [5, 5.41) is 21.0. The van der Waals surface area contributed by atoms with E-state index in [1.165, 1.54) is 231 Å². The topological polar surface area (TPSA) is 0 Å². The van der Waals surface area contributed by atoms with Crippen molar-refractivity contribution in [2.45, 2.75) is 26.7 Å². The summed E-state index contributed by atoms with van der Waals surface area (Å²) in [6, 6.07) is 121. The van der Waals surface area contributed by atoms with Gasteiger partial charge in [0.05, 0.1) is 0 Å². The van der Waals surface area contributed by atoms with Crippen molar-refractivity contribution >= 4 is 86.2 Å². The first-order valence-corrected chi connectivity index (χ1v) is 34.9. The molecule has 0 amide bonds. The maximum atomic E-state index is 2.50. The molecular weight excluding hydrogens is 1180 g/mol. The fourth-order valence-electron chi connectivity index (χ4n) is 18.2. The Morgan fingerprint density at radius 3 is 0.602 bits per heavy atom. The third-order valence-corrected chi connectivity index (χ3v) is 22.4. The largest absolute Gasteiger partial charge is 0.0622 e. The van der Waals surface area contributed by atoms with Gasteiger partial charge in [-0.05, 0) is 244 Å². The van der Waals surface area contributed by atoms with Crippen molar-refractivity contribution < 1.29 is 0 Å². The van der Waals surface area contributed by atoms with Crippen LogP contribution in [0.5, 0.6) is 0 Å². The maximum Gasteiger partial charge on any atom is -0.000717 e. The molecule has 0 spiro atoms. The number of rotatable bonds is 10. The molecule has 19 aromatic carbocycles. The zero-order chi connectivity index (χ0) is 64.4. The van der Waals surface area contributed by atoms with E-state index in [-0.39, 0.29) is 0 Å². The molecule has 0 atom stereocenters. The van der Waals surface area contributed by atoms with Crippen LogP contribution in [0, 0.1) is 0 Å². The van der Waals surface area contributed by atoms with Crippen molar-refractivity contribution in [1.29, 1.82) is 0 Å². The summed E-state index contributed by atoms with van der Waals surface area (Å²) in [4.78, 5) is 0. The first kappa shape index (κ1) is 55.1. The van der Waals surface area contributed by atoms with Crippen molar-refractivity contribution in [3.05, 3.63) is 327 Å². The van der Waals surface area contributed by atoms with E-state index in [0.717, 1.165) is 12.8 Å². The molecule has 2 aliphatic carbocycles. The summed E-state index contributed by atoms with van der Waals surface area (Å²) in [5.41, 5.74) is 32.9. The summed E-state index contributed by atoms with van der Waals surface area (Å²) >= 11 is 0. The molecule has 454 valence electrons. The lowest BCUT2D eigenvalue weighted by atomic mass is 9.76. The molecule has 0 bridgehead atoms. The van der Waals surface area contributed by atoms with E-state index < -0.39 is 0 Å². The summed E-state index contributed by atoms with van der Waals surface area (Å²) in [7, 11) is 0. The Morgan fingerprint density at radius 1 is 0.143 bits per heavy atom. The highest BCUT2D eigenvalue weighted by Gasteiger charge is 2.38. The fourth-order valence-corrected chi connectivity index (χ4v) is 18.2. The second kappa shape index (κ2) is 21.1. The summed E-state index contributed by atoms with van der Waals surface area (Å²) in [6.07, 6.45) is 1.98. The van der Waals surface area contributed by atoms with Gasteiger partial charge in [-0.2, -0.15) is 0 Å². The number of benzene rings is 19. The molecule has 98 heavy (non-hydrogen) atoms. The van der Waals surface area contributed by atoms with E-state index in [4.69, 9.17) is 0 Å². The van der Waals surface area contributed by atoms with Crippen LogP contribution >= 0.6 is 0 Å². The molecule has 19 aromatic rings. The van der Waals surface area contributed by atoms with Gasteiger partial charge in [0.1, 0.15) is 0 Å². The van der Waals surface area contributed by atoms with Crippen LogP contribution in [0.2, 0.25) is 0 Å². The van der Waals surface area contributed by atoms with Crippen LogP contribution in [0.1, 0.15) is 25.0 Å². The summed E-state index contributed by atoms with van der Waals surface area (Å²) in [5.74, 6) is 0. The van der Waals surface area contributed by atoms with E-state index in [1.54, 1.807) is 0 Å². The van der Waals surface area contributed by atoms with E-state index in [1.807, 2.05) is 0 Å². The zero-order valence-corrected chi connectivity index (χ0v) is 54.4. The minimum atomic E-state index is 0.991. The first-order chi connectivity index (χ1) is 48.6. The van der Waals surface area contributed by atoms with Gasteiger partial charge in [-0.15, -0.1) is 0 Å². The van der Waals surface area contributed by atoms with Crippen LogP contribution < -0.4 is 0 Å². The Morgan fingerprint density at radius 2 is 0.347 bits per heavy atom. The van der Waals surface area contributed by atoms with Crippen LogP contribution in [0.25, 0.3) is 220 Å². The zero-order valence-electron chi connectivity index (χ0n) is 54.4. The lowest BCUT2D eigenvalue weighted by Gasteiger charge is -2.26. The van der Waals surface area contributed by atoms with Crippen molar-refractivity contribution in [2.75, 3.05) is 0 Å². The second-order valence-electron chi connectivity index (χ2n) is 27.2. The van der Waals surface area contributed by atoms with Gasteiger partial charge in [0.25, 0.3) is 0 Å². The Hall–Kier alpha value is -12.2. The highest BCUT2D eigenvalue weighted by Crippen LogP contribution is 2.65. The highest BCUT2D eigenvalue weighted by atomic mass is 14.4. The minimum Gasteiger partial charge on any atom is -0.0622 e. The second-order valence-corrected chi connectivity index (χ2v) is 27.2. The maximum absolute atomic E-state index is 2.50. The first-order valence-electron chi connectivity index (χ1n) is 34.9. The van der Waals surface area contributed by atoms with Gasteiger partial charge in [-0.25, -0.2) is 0 Å². The average Bonchev–Trinajstić information content (AvgIpc) is 1.42. The molecular formula is C98H62. The molecule has 0 radical (unpaired) electrons. The van der Waals surface area contributed by atoms with E-state index in [9.17, 15) is 0 Å². The molecule has 0 heterocycles. The van der Waals surface area contributed by atoms with Crippen LogP contribution in [0.15, 0.2) is 315 Å².